The Balaban J connectivity index is 3.00. The topological polar surface area (TPSA) is 26.3 Å². The van der Waals surface area contributed by atoms with E-state index in [4.69, 9.17) is 4.74 Å². The van der Waals surface area contributed by atoms with Crippen molar-refractivity contribution in [1.82, 2.24) is 0 Å². The second-order valence-corrected chi connectivity index (χ2v) is 4.11. The number of hydrogen-bond acceptors (Lipinski definition) is 2. The van der Waals surface area contributed by atoms with Crippen molar-refractivity contribution in [3.63, 3.8) is 0 Å². The minimum atomic E-state index is -0.439. The van der Waals surface area contributed by atoms with Gasteiger partial charge in [-0.3, -0.25) is 4.79 Å². The summed E-state index contributed by atoms with van der Waals surface area (Å²) in [6.45, 7) is 5.35. The van der Waals surface area contributed by atoms with E-state index in [-0.39, 0.29) is 23.9 Å². The Labute approximate surface area is 95.4 Å². The van der Waals surface area contributed by atoms with Crippen LogP contribution < -0.4 is 0 Å². The van der Waals surface area contributed by atoms with Crippen molar-refractivity contribution < 1.29 is 13.9 Å². The Morgan fingerprint density at radius 3 is 2.56 bits per heavy atom. The summed E-state index contributed by atoms with van der Waals surface area (Å²) in [5.41, 5.74) is 1.70. The molecule has 1 aromatic rings. The average molecular weight is 224 g/mol. The molecule has 0 aliphatic rings. The van der Waals surface area contributed by atoms with E-state index in [9.17, 15) is 9.18 Å². The van der Waals surface area contributed by atoms with Gasteiger partial charge in [0.1, 0.15) is 5.82 Å². The Morgan fingerprint density at radius 1 is 1.44 bits per heavy atom. The highest BCUT2D eigenvalue weighted by Crippen LogP contribution is 2.18. The van der Waals surface area contributed by atoms with Gasteiger partial charge in [-0.2, -0.15) is 0 Å². The summed E-state index contributed by atoms with van der Waals surface area (Å²) in [4.78, 5) is 11.8. The fourth-order valence-electron chi connectivity index (χ4n) is 1.72. The van der Waals surface area contributed by atoms with Crippen molar-refractivity contribution in [1.29, 1.82) is 0 Å². The Bertz CT molecular complexity index is 376. The van der Waals surface area contributed by atoms with Crippen LogP contribution in [0.3, 0.4) is 0 Å². The van der Waals surface area contributed by atoms with Gasteiger partial charge in [-0.15, -0.1) is 0 Å². The third-order valence-electron chi connectivity index (χ3n) is 2.59. The molecule has 0 radical (unpaired) electrons. The molecule has 0 N–H and O–H groups in total. The normalized spacial score (nSPS) is 12.6. The van der Waals surface area contributed by atoms with Crippen LogP contribution in [0.5, 0.6) is 0 Å². The van der Waals surface area contributed by atoms with Gasteiger partial charge in [-0.25, -0.2) is 4.39 Å². The van der Waals surface area contributed by atoms with Gasteiger partial charge in [0.25, 0.3) is 0 Å². The number of aryl methyl sites for hydroxylation is 2. The average Bonchev–Trinajstić information content (AvgIpc) is 2.15. The number of carbonyl (C=O) groups is 1. The molecule has 0 fully saturated rings. The molecule has 16 heavy (non-hydrogen) atoms. The third-order valence-corrected chi connectivity index (χ3v) is 2.59. The van der Waals surface area contributed by atoms with Crippen LogP contribution in [0.25, 0.3) is 0 Å². The van der Waals surface area contributed by atoms with Crippen molar-refractivity contribution in [2.75, 3.05) is 7.11 Å². The summed E-state index contributed by atoms with van der Waals surface area (Å²) in [6, 6.07) is 3.20. The van der Waals surface area contributed by atoms with Gasteiger partial charge < -0.3 is 4.74 Å². The molecule has 0 aliphatic heterocycles. The van der Waals surface area contributed by atoms with E-state index in [1.54, 1.807) is 13.8 Å². The smallest absolute Gasteiger partial charge is 0.168 e. The van der Waals surface area contributed by atoms with Gasteiger partial charge in [0.05, 0.1) is 11.7 Å². The molecule has 1 rings (SSSR count). The first kappa shape index (κ1) is 12.8. The molecule has 2 nitrogen and oxygen atoms in total. The number of ether oxygens (including phenoxy) is 1. The van der Waals surface area contributed by atoms with Crippen LogP contribution in [-0.2, 0) is 4.74 Å². The molecule has 0 spiro atoms. The zero-order valence-electron chi connectivity index (χ0n) is 10.1. The highest BCUT2D eigenvalue weighted by atomic mass is 19.1. The Morgan fingerprint density at radius 2 is 2.06 bits per heavy atom. The molecule has 0 amide bonds. The largest absolute Gasteiger partial charge is 0.381 e. The van der Waals surface area contributed by atoms with E-state index in [0.717, 1.165) is 5.56 Å². The van der Waals surface area contributed by atoms with E-state index < -0.39 is 5.82 Å². The zero-order chi connectivity index (χ0) is 12.3. The van der Waals surface area contributed by atoms with Crippen molar-refractivity contribution >= 4 is 5.78 Å². The number of benzene rings is 1. The summed E-state index contributed by atoms with van der Waals surface area (Å²) >= 11 is 0. The van der Waals surface area contributed by atoms with Crippen molar-refractivity contribution in [3.05, 3.63) is 34.6 Å². The SMILES string of the molecule is COC(C)CC(=O)c1c(C)cc(C)cc1F. The second kappa shape index (κ2) is 5.21. The zero-order valence-corrected chi connectivity index (χ0v) is 10.1. The molecule has 0 saturated heterocycles. The summed E-state index contributed by atoms with van der Waals surface area (Å²) in [7, 11) is 1.54. The summed E-state index contributed by atoms with van der Waals surface area (Å²) in [5, 5.41) is 0. The molecule has 1 aromatic carbocycles. The highest BCUT2D eigenvalue weighted by molar-refractivity contribution is 5.98. The number of rotatable bonds is 4. The molecule has 0 bridgehead atoms. The van der Waals surface area contributed by atoms with Crippen molar-refractivity contribution in [2.24, 2.45) is 0 Å². The van der Waals surface area contributed by atoms with E-state index in [1.807, 2.05) is 13.0 Å². The monoisotopic (exact) mass is 224 g/mol. The number of halogens is 1. The fraction of sp³-hybridized carbons (Fsp3) is 0.462. The predicted molar refractivity (Wildman–Crippen MR) is 61.3 cm³/mol. The van der Waals surface area contributed by atoms with Crippen molar-refractivity contribution in [3.8, 4) is 0 Å². The summed E-state index contributed by atoms with van der Waals surface area (Å²) in [6.07, 6.45) is 0.0183. The van der Waals surface area contributed by atoms with Gasteiger partial charge in [0.2, 0.25) is 0 Å². The maximum atomic E-state index is 13.7. The molecule has 0 aromatic heterocycles. The maximum Gasteiger partial charge on any atom is 0.168 e. The van der Waals surface area contributed by atoms with Crippen LogP contribution >= 0.6 is 0 Å². The quantitative estimate of drug-likeness (QED) is 0.735. The maximum absolute atomic E-state index is 13.7. The predicted octanol–water partition coefficient (Wildman–Crippen LogP) is 3.05. The lowest BCUT2D eigenvalue weighted by Crippen LogP contribution is -2.14. The molecular formula is C13H17FO2. The van der Waals surface area contributed by atoms with Crippen LogP contribution in [0.4, 0.5) is 4.39 Å². The van der Waals surface area contributed by atoms with Gasteiger partial charge in [0.15, 0.2) is 5.78 Å². The van der Waals surface area contributed by atoms with E-state index in [0.29, 0.717) is 5.56 Å². The van der Waals surface area contributed by atoms with Crippen LogP contribution in [-0.4, -0.2) is 19.0 Å². The number of carbonyl (C=O) groups excluding carboxylic acids is 1. The molecule has 3 heteroatoms. The Kier molecular flexibility index (Phi) is 4.19. The second-order valence-electron chi connectivity index (χ2n) is 4.11. The fourth-order valence-corrected chi connectivity index (χ4v) is 1.72. The minimum absolute atomic E-state index is 0.187. The standard InChI is InChI=1S/C13H17FO2/c1-8-5-9(2)13(11(14)6-8)12(15)7-10(3)16-4/h5-6,10H,7H2,1-4H3. The van der Waals surface area contributed by atoms with Crippen LogP contribution in [0.2, 0.25) is 0 Å². The first-order valence-corrected chi connectivity index (χ1v) is 5.28. The van der Waals surface area contributed by atoms with E-state index in [2.05, 4.69) is 0 Å². The van der Waals surface area contributed by atoms with E-state index in [1.165, 1.54) is 13.2 Å². The van der Waals surface area contributed by atoms with Gasteiger partial charge >= 0.3 is 0 Å². The first-order chi connectivity index (χ1) is 7.45. The molecule has 1 atom stereocenters. The molecule has 0 heterocycles. The van der Waals surface area contributed by atoms with Gasteiger partial charge in [-0.1, -0.05) is 6.07 Å². The number of hydrogen-bond donors (Lipinski definition) is 0. The van der Waals surface area contributed by atoms with E-state index >= 15 is 0 Å². The van der Waals surface area contributed by atoms with Crippen LogP contribution in [0.1, 0.15) is 34.8 Å². The number of methoxy groups -OCH3 is 1. The first-order valence-electron chi connectivity index (χ1n) is 5.28. The molecule has 88 valence electrons. The number of Topliss-reactive ketones (excluding diaryl/α,β-unsaturated/α-hetero) is 1. The lowest BCUT2D eigenvalue weighted by Gasteiger charge is -2.11. The lowest BCUT2D eigenvalue weighted by atomic mass is 9.98. The Hall–Kier alpha value is -1.22. The lowest BCUT2D eigenvalue weighted by molar-refractivity contribution is 0.0788. The highest BCUT2D eigenvalue weighted by Gasteiger charge is 2.17. The van der Waals surface area contributed by atoms with Crippen molar-refractivity contribution in [2.45, 2.75) is 33.3 Å². The van der Waals surface area contributed by atoms with Gasteiger partial charge in [-0.05, 0) is 38.0 Å². The summed E-state index contributed by atoms with van der Waals surface area (Å²) < 4.78 is 18.7. The summed E-state index contributed by atoms with van der Waals surface area (Å²) in [5.74, 6) is -0.643. The van der Waals surface area contributed by atoms with Crippen LogP contribution in [0.15, 0.2) is 12.1 Å². The van der Waals surface area contributed by atoms with Crippen LogP contribution in [0, 0.1) is 19.7 Å². The molecule has 1 unspecified atom stereocenters. The molecule has 0 aliphatic carbocycles. The molecule has 0 saturated carbocycles. The minimum Gasteiger partial charge on any atom is -0.381 e. The van der Waals surface area contributed by atoms with Gasteiger partial charge in [0, 0.05) is 13.5 Å². The third kappa shape index (κ3) is 2.89. The molecular weight excluding hydrogens is 207 g/mol. The number of ketones is 1.